The Bertz CT molecular complexity index is 932. The van der Waals surface area contributed by atoms with Crippen LogP contribution >= 0.6 is 23.1 Å². The van der Waals surface area contributed by atoms with E-state index in [2.05, 4.69) is 25.3 Å². The minimum atomic E-state index is 0.552. The van der Waals surface area contributed by atoms with E-state index >= 15 is 0 Å². The molecule has 4 aromatic heterocycles. The Morgan fingerprint density at radius 1 is 1.21 bits per heavy atom. The quantitative estimate of drug-likeness (QED) is 0.507. The molecule has 0 aromatic carbocycles. The predicted octanol–water partition coefficient (Wildman–Crippen LogP) is 3.28. The van der Waals surface area contributed by atoms with Crippen molar-refractivity contribution in [1.82, 2.24) is 29.9 Å². The molecule has 0 spiro atoms. The van der Waals surface area contributed by atoms with Crippen LogP contribution in [0.3, 0.4) is 0 Å². The van der Waals surface area contributed by atoms with Crippen LogP contribution in [0.5, 0.6) is 0 Å². The van der Waals surface area contributed by atoms with E-state index in [1.807, 2.05) is 41.3 Å². The Labute approximate surface area is 145 Å². The first kappa shape index (κ1) is 15.0. The molecule has 0 aliphatic carbocycles. The van der Waals surface area contributed by atoms with Crippen LogP contribution in [0.25, 0.3) is 22.2 Å². The van der Waals surface area contributed by atoms with E-state index in [-0.39, 0.29) is 0 Å². The van der Waals surface area contributed by atoms with Crippen molar-refractivity contribution in [3.63, 3.8) is 0 Å². The number of thioether (sulfide) groups is 1. The SMILES string of the molecule is Cn1c(SCc2noc(-c3cccs3)n2)nnc1-c1ccncc1. The highest BCUT2D eigenvalue weighted by Gasteiger charge is 2.14. The normalized spacial score (nSPS) is 11.0. The molecule has 0 aliphatic heterocycles. The first-order chi connectivity index (χ1) is 11.8. The van der Waals surface area contributed by atoms with Gasteiger partial charge in [0.05, 0.1) is 10.6 Å². The van der Waals surface area contributed by atoms with Crippen LogP contribution in [-0.2, 0) is 12.8 Å². The Hall–Kier alpha value is -2.52. The van der Waals surface area contributed by atoms with Gasteiger partial charge in [-0.2, -0.15) is 4.98 Å². The highest BCUT2D eigenvalue weighted by molar-refractivity contribution is 7.98. The molecule has 0 bridgehead atoms. The molecule has 4 aromatic rings. The van der Waals surface area contributed by atoms with Gasteiger partial charge in [-0.05, 0) is 23.6 Å². The molecule has 4 heterocycles. The molecule has 0 saturated carbocycles. The topological polar surface area (TPSA) is 82.5 Å². The molecule has 0 fully saturated rings. The van der Waals surface area contributed by atoms with Gasteiger partial charge in [0.2, 0.25) is 0 Å². The molecular formula is C15H12N6OS2. The largest absolute Gasteiger partial charge is 0.333 e. The zero-order valence-electron chi connectivity index (χ0n) is 12.7. The van der Waals surface area contributed by atoms with Crippen LogP contribution in [0.15, 0.2) is 51.7 Å². The number of thiophene rings is 1. The number of rotatable bonds is 5. The van der Waals surface area contributed by atoms with Crippen molar-refractivity contribution >= 4 is 23.1 Å². The zero-order valence-corrected chi connectivity index (χ0v) is 14.3. The number of hydrogen-bond donors (Lipinski definition) is 0. The van der Waals surface area contributed by atoms with Crippen molar-refractivity contribution in [2.45, 2.75) is 10.9 Å². The second-order valence-electron chi connectivity index (χ2n) is 4.88. The molecule has 0 atom stereocenters. The summed E-state index contributed by atoms with van der Waals surface area (Å²) in [6, 6.07) is 7.73. The van der Waals surface area contributed by atoms with Gasteiger partial charge in [-0.15, -0.1) is 21.5 Å². The monoisotopic (exact) mass is 356 g/mol. The van der Waals surface area contributed by atoms with Crippen LogP contribution in [0, 0.1) is 0 Å². The summed E-state index contributed by atoms with van der Waals surface area (Å²) in [6.45, 7) is 0. The Balaban J connectivity index is 1.48. The first-order valence-electron chi connectivity index (χ1n) is 7.10. The summed E-state index contributed by atoms with van der Waals surface area (Å²) >= 11 is 3.09. The summed E-state index contributed by atoms with van der Waals surface area (Å²) in [4.78, 5) is 9.40. The van der Waals surface area contributed by atoms with Gasteiger partial charge in [0.1, 0.15) is 0 Å². The molecule has 9 heteroatoms. The third-order valence-electron chi connectivity index (χ3n) is 3.30. The molecule has 4 rings (SSSR count). The molecule has 0 radical (unpaired) electrons. The summed E-state index contributed by atoms with van der Waals surface area (Å²) in [5, 5.41) is 15.3. The standard InChI is InChI=1S/C15H12N6OS2/c1-21-13(10-4-6-16-7-5-10)18-19-15(21)24-9-12-17-14(22-20-12)11-3-2-8-23-11/h2-8H,9H2,1H3. The molecule has 0 N–H and O–H groups in total. The lowest BCUT2D eigenvalue weighted by Crippen LogP contribution is -1.95. The van der Waals surface area contributed by atoms with E-state index in [0.717, 1.165) is 21.4 Å². The maximum atomic E-state index is 5.29. The van der Waals surface area contributed by atoms with Gasteiger partial charge < -0.3 is 9.09 Å². The Kier molecular flexibility index (Phi) is 4.09. The smallest absolute Gasteiger partial charge is 0.268 e. The van der Waals surface area contributed by atoms with E-state index in [4.69, 9.17) is 4.52 Å². The van der Waals surface area contributed by atoms with E-state index < -0.39 is 0 Å². The van der Waals surface area contributed by atoms with Crippen molar-refractivity contribution in [3.8, 4) is 22.2 Å². The summed E-state index contributed by atoms with van der Waals surface area (Å²) in [5.41, 5.74) is 0.978. The van der Waals surface area contributed by atoms with Crippen LogP contribution < -0.4 is 0 Å². The summed E-state index contributed by atoms with van der Waals surface area (Å²) in [7, 11) is 1.94. The predicted molar refractivity (Wildman–Crippen MR) is 91.4 cm³/mol. The summed E-state index contributed by atoms with van der Waals surface area (Å²) < 4.78 is 7.23. The summed E-state index contributed by atoms with van der Waals surface area (Å²) in [6.07, 6.45) is 3.48. The van der Waals surface area contributed by atoms with Crippen LogP contribution in [0.4, 0.5) is 0 Å². The minimum Gasteiger partial charge on any atom is -0.333 e. The Morgan fingerprint density at radius 2 is 2.08 bits per heavy atom. The average Bonchev–Trinajstić information content (AvgIpc) is 3.35. The van der Waals surface area contributed by atoms with Gasteiger partial charge in [0.15, 0.2) is 16.8 Å². The fourth-order valence-electron chi connectivity index (χ4n) is 2.13. The highest BCUT2D eigenvalue weighted by Crippen LogP contribution is 2.26. The lowest BCUT2D eigenvalue weighted by Gasteiger charge is -2.02. The molecule has 0 unspecified atom stereocenters. The van der Waals surface area contributed by atoms with Gasteiger partial charge in [-0.1, -0.05) is 23.0 Å². The van der Waals surface area contributed by atoms with Crippen LogP contribution in [0.2, 0.25) is 0 Å². The van der Waals surface area contributed by atoms with Crippen molar-refractivity contribution in [2.24, 2.45) is 7.05 Å². The highest BCUT2D eigenvalue weighted by atomic mass is 32.2. The maximum Gasteiger partial charge on any atom is 0.268 e. The van der Waals surface area contributed by atoms with E-state index in [1.54, 1.807) is 23.7 Å². The number of pyridine rings is 1. The van der Waals surface area contributed by atoms with Gasteiger partial charge in [0.25, 0.3) is 5.89 Å². The van der Waals surface area contributed by atoms with Crippen molar-refractivity contribution in [3.05, 3.63) is 47.9 Å². The third-order valence-corrected chi connectivity index (χ3v) is 5.18. The molecule has 24 heavy (non-hydrogen) atoms. The average molecular weight is 356 g/mol. The molecule has 0 saturated heterocycles. The zero-order chi connectivity index (χ0) is 16.4. The maximum absolute atomic E-state index is 5.29. The van der Waals surface area contributed by atoms with Gasteiger partial charge in [-0.3, -0.25) is 4.98 Å². The lowest BCUT2D eigenvalue weighted by atomic mass is 10.2. The molecule has 7 nitrogen and oxygen atoms in total. The van der Waals surface area contributed by atoms with E-state index in [0.29, 0.717) is 17.5 Å². The molecule has 120 valence electrons. The van der Waals surface area contributed by atoms with Crippen molar-refractivity contribution in [2.75, 3.05) is 0 Å². The Morgan fingerprint density at radius 3 is 2.88 bits per heavy atom. The fourth-order valence-corrected chi connectivity index (χ4v) is 3.53. The molecular weight excluding hydrogens is 344 g/mol. The van der Waals surface area contributed by atoms with Crippen molar-refractivity contribution in [1.29, 1.82) is 0 Å². The van der Waals surface area contributed by atoms with Crippen molar-refractivity contribution < 1.29 is 4.52 Å². The third kappa shape index (κ3) is 2.95. The summed E-state index contributed by atoms with van der Waals surface area (Å²) in [5.74, 6) is 2.55. The number of nitrogens with zero attached hydrogens (tertiary/aromatic N) is 6. The van der Waals surface area contributed by atoms with Gasteiger partial charge in [0, 0.05) is 25.0 Å². The molecule has 0 amide bonds. The second kappa shape index (κ2) is 6.54. The second-order valence-corrected chi connectivity index (χ2v) is 6.77. The van der Waals surface area contributed by atoms with E-state index in [1.165, 1.54) is 11.8 Å². The fraction of sp³-hybridized carbons (Fsp3) is 0.133. The van der Waals surface area contributed by atoms with Crippen LogP contribution in [-0.4, -0.2) is 29.9 Å². The number of hydrogen-bond acceptors (Lipinski definition) is 8. The van der Waals surface area contributed by atoms with E-state index in [9.17, 15) is 0 Å². The van der Waals surface area contributed by atoms with Crippen LogP contribution in [0.1, 0.15) is 5.82 Å². The van der Waals surface area contributed by atoms with Gasteiger partial charge >= 0.3 is 0 Å². The molecule has 0 aliphatic rings. The number of aromatic nitrogens is 6. The minimum absolute atomic E-state index is 0.552. The lowest BCUT2D eigenvalue weighted by molar-refractivity contribution is 0.426. The first-order valence-corrected chi connectivity index (χ1v) is 8.97. The van der Waals surface area contributed by atoms with Gasteiger partial charge in [-0.25, -0.2) is 0 Å².